The van der Waals surface area contributed by atoms with E-state index in [4.69, 9.17) is 17.2 Å². The number of aromatic nitrogens is 2. The number of anilines is 1. The first-order valence-corrected chi connectivity index (χ1v) is 9.24. The molecule has 0 bridgehead atoms. The molecule has 4 aromatic rings. The Kier molecular flexibility index (Phi) is 4.87. The van der Waals surface area contributed by atoms with E-state index in [1.807, 2.05) is 79.7 Å². The zero-order valence-corrected chi connectivity index (χ0v) is 16.0. The van der Waals surface area contributed by atoms with Crippen LogP contribution in [-0.4, -0.2) is 14.8 Å². The van der Waals surface area contributed by atoms with Crippen LogP contribution < -0.4 is 16.3 Å². The molecule has 1 heterocycles. The van der Waals surface area contributed by atoms with E-state index < -0.39 is 0 Å². The van der Waals surface area contributed by atoms with E-state index in [1.165, 1.54) is 4.68 Å². The van der Waals surface area contributed by atoms with E-state index in [2.05, 4.69) is 10.7 Å². The molecule has 0 aliphatic heterocycles. The van der Waals surface area contributed by atoms with Crippen molar-refractivity contribution >= 4 is 33.9 Å². The van der Waals surface area contributed by atoms with Crippen LogP contribution in [0.25, 0.3) is 22.3 Å². The number of para-hydroxylation sites is 1. The Morgan fingerprint density at radius 3 is 2.50 bits per heavy atom. The quantitative estimate of drug-likeness (QED) is 0.514. The molecule has 0 saturated heterocycles. The van der Waals surface area contributed by atoms with Gasteiger partial charge in [0.05, 0.1) is 10.9 Å². The number of aryl methyl sites for hydroxylation is 1. The van der Waals surface area contributed by atoms with Gasteiger partial charge >= 0.3 is 0 Å². The molecule has 0 fully saturated rings. The molecule has 2 N–H and O–H groups in total. The Labute approximate surface area is 167 Å². The number of fused-ring (bicyclic) bond motifs is 1. The number of thiocarbonyl (C=S) groups is 1. The fourth-order valence-corrected chi connectivity index (χ4v) is 3.21. The van der Waals surface area contributed by atoms with Gasteiger partial charge < -0.3 is 5.32 Å². The van der Waals surface area contributed by atoms with Crippen LogP contribution in [0.3, 0.4) is 0 Å². The molecule has 0 aliphatic rings. The lowest BCUT2D eigenvalue weighted by molar-refractivity contribution is 0.909. The Hall–Kier alpha value is -3.51. The van der Waals surface area contributed by atoms with Gasteiger partial charge in [0.2, 0.25) is 0 Å². The zero-order chi connectivity index (χ0) is 19.5. The number of hydrogen-bond donors (Lipinski definition) is 2. The van der Waals surface area contributed by atoms with Crippen LogP contribution >= 0.6 is 12.2 Å². The van der Waals surface area contributed by atoms with E-state index >= 15 is 0 Å². The fraction of sp³-hybridized carbons (Fsp3) is 0.0455. The molecule has 5 nitrogen and oxygen atoms in total. The van der Waals surface area contributed by atoms with Crippen molar-refractivity contribution in [2.45, 2.75) is 6.92 Å². The van der Waals surface area contributed by atoms with Crippen LogP contribution in [0, 0.1) is 6.92 Å². The number of hydrogen-bond acceptors (Lipinski definition) is 3. The van der Waals surface area contributed by atoms with Crippen molar-refractivity contribution in [1.82, 2.24) is 9.66 Å². The molecule has 0 spiro atoms. The van der Waals surface area contributed by atoms with Gasteiger partial charge in [-0.05, 0) is 49.0 Å². The van der Waals surface area contributed by atoms with Gasteiger partial charge in [0.15, 0.2) is 10.9 Å². The average Bonchev–Trinajstić information content (AvgIpc) is 2.70. The highest BCUT2D eigenvalue weighted by Gasteiger charge is 2.13. The minimum atomic E-state index is -0.210. The lowest BCUT2D eigenvalue weighted by atomic mass is 10.2. The van der Waals surface area contributed by atoms with Crippen molar-refractivity contribution in [3.63, 3.8) is 0 Å². The molecule has 0 amide bonds. The highest BCUT2D eigenvalue weighted by Crippen LogP contribution is 2.18. The highest BCUT2D eigenvalue weighted by atomic mass is 32.1. The summed E-state index contributed by atoms with van der Waals surface area (Å²) in [5.74, 6) is 0.498. The minimum Gasteiger partial charge on any atom is -0.331 e. The van der Waals surface area contributed by atoms with Gasteiger partial charge in [0, 0.05) is 11.3 Å². The van der Waals surface area contributed by atoms with E-state index in [9.17, 15) is 4.79 Å². The zero-order valence-electron chi connectivity index (χ0n) is 15.2. The second kappa shape index (κ2) is 7.62. The molecule has 0 aliphatic carbocycles. The standard InChI is InChI=1S/C22H18N4OS/c1-15-8-7-11-17(14-15)23-22(28)25-26-20(16-9-3-2-4-10-16)24-19-13-6-5-12-18(19)21(26)27/h2-14H,1H3,(H2,23,25,28). The van der Waals surface area contributed by atoms with Gasteiger partial charge in [-0.3, -0.25) is 10.2 Å². The van der Waals surface area contributed by atoms with Crippen LogP contribution in [0.4, 0.5) is 5.69 Å². The van der Waals surface area contributed by atoms with Crippen LogP contribution in [0.15, 0.2) is 83.7 Å². The first-order chi connectivity index (χ1) is 13.6. The number of benzene rings is 3. The van der Waals surface area contributed by atoms with Gasteiger partial charge in [-0.15, -0.1) is 0 Å². The molecule has 6 heteroatoms. The molecule has 0 saturated carbocycles. The average molecular weight is 386 g/mol. The Morgan fingerprint density at radius 1 is 0.964 bits per heavy atom. The molecule has 138 valence electrons. The summed E-state index contributed by atoms with van der Waals surface area (Å²) in [6.45, 7) is 2.01. The molecule has 0 atom stereocenters. The van der Waals surface area contributed by atoms with Crippen LogP contribution in [0.5, 0.6) is 0 Å². The van der Waals surface area contributed by atoms with Crippen molar-refractivity contribution in [3.05, 3.63) is 94.8 Å². The maximum atomic E-state index is 13.1. The minimum absolute atomic E-state index is 0.210. The fourth-order valence-electron chi connectivity index (χ4n) is 3.00. The van der Waals surface area contributed by atoms with Crippen molar-refractivity contribution in [2.24, 2.45) is 0 Å². The summed E-state index contributed by atoms with van der Waals surface area (Å²) >= 11 is 5.44. The predicted octanol–water partition coefficient (Wildman–Crippen LogP) is 4.31. The van der Waals surface area contributed by atoms with Gasteiger partial charge in [0.1, 0.15) is 0 Å². The maximum absolute atomic E-state index is 13.1. The third-order valence-corrected chi connectivity index (χ3v) is 4.49. The van der Waals surface area contributed by atoms with Gasteiger partial charge in [0.25, 0.3) is 5.56 Å². The monoisotopic (exact) mass is 386 g/mol. The third-order valence-electron chi connectivity index (χ3n) is 4.30. The first-order valence-electron chi connectivity index (χ1n) is 8.84. The molecule has 4 rings (SSSR count). The van der Waals surface area contributed by atoms with Gasteiger partial charge in [-0.25, -0.2) is 4.98 Å². The molecule has 3 aromatic carbocycles. The predicted molar refractivity (Wildman–Crippen MR) is 118 cm³/mol. The smallest absolute Gasteiger partial charge is 0.280 e. The molecule has 0 unspecified atom stereocenters. The third kappa shape index (κ3) is 3.63. The molecule has 0 radical (unpaired) electrons. The second-order valence-electron chi connectivity index (χ2n) is 6.39. The Balaban J connectivity index is 1.77. The van der Waals surface area contributed by atoms with Crippen molar-refractivity contribution < 1.29 is 0 Å². The summed E-state index contributed by atoms with van der Waals surface area (Å²) in [4.78, 5) is 17.8. The topological polar surface area (TPSA) is 58.9 Å². The maximum Gasteiger partial charge on any atom is 0.280 e. The number of nitrogens with zero attached hydrogens (tertiary/aromatic N) is 2. The Morgan fingerprint density at radius 2 is 1.71 bits per heavy atom. The molecular weight excluding hydrogens is 368 g/mol. The summed E-state index contributed by atoms with van der Waals surface area (Å²) in [5, 5.41) is 3.95. The largest absolute Gasteiger partial charge is 0.331 e. The SMILES string of the molecule is Cc1cccc(NC(=S)Nn2c(-c3ccccc3)nc3ccccc3c2=O)c1. The van der Waals surface area contributed by atoms with E-state index in [0.29, 0.717) is 21.8 Å². The van der Waals surface area contributed by atoms with E-state index in [-0.39, 0.29) is 5.56 Å². The van der Waals surface area contributed by atoms with Crippen molar-refractivity contribution in [3.8, 4) is 11.4 Å². The van der Waals surface area contributed by atoms with Crippen LogP contribution in [-0.2, 0) is 0 Å². The second-order valence-corrected chi connectivity index (χ2v) is 6.80. The summed E-state index contributed by atoms with van der Waals surface area (Å²) < 4.78 is 1.39. The van der Waals surface area contributed by atoms with E-state index in [0.717, 1.165) is 16.8 Å². The lowest BCUT2D eigenvalue weighted by Gasteiger charge is -2.17. The Bertz CT molecular complexity index is 1220. The number of rotatable bonds is 3. The van der Waals surface area contributed by atoms with Crippen molar-refractivity contribution in [1.29, 1.82) is 0 Å². The summed E-state index contributed by atoms with van der Waals surface area (Å²) in [6, 6.07) is 24.7. The molecule has 28 heavy (non-hydrogen) atoms. The molecular formula is C22H18N4OS. The van der Waals surface area contributed by atoms with Gasteiger partial charge in [-0.1, -0.05) is 54.6 Å². The van der Waals surface area contributed by atoms with Crippen LogP contribution in [0.1, 0.15) is 5.56 Å². The lowest BCUT2D eigenvalue weighted by Crippen LogP contribution is -2.37. The number of nitrogens with one attached hydrogen (secondary N) is 2. The van der Waals surface area contributed by atoms with Gasteiger partial charge in [-0.2, -0.15) is 4.68 Å². The van der Waals surface area contributed by atoms with Crippen LogP contribution in [0.2, 0.25) is 0 Å². The molecule has 1 aromatic heterocycles. The summed E-state index contributed by atoms with van der Waals surface area (Å²) in [5.41, 5.74) is 6.21. The van der Waals surface area contributed by atoms with Crippen molar-refractivity contribution in [2.75, 3.05) is 10.7 Å². The normalized spacial score (nSPS) is 10.6. The van der Waals surface area contributed by atoms with E-state index in [1.54, 1.807) is 6.07 Å². The summed E-state index contributed by atoms with van der Waals surface area (Å²) in [6.07, 6.45) is 0. The first kappa shape index (κ1) is 17.9. The highest BCUT2D eigenvalue weighted by molar-refractivity contribution is 7.80. The summed E-state index contributed by atoms with van der Waals surface area (Å²) in [7, 11) is 0.